The van der Waals surface area contributed by atoms with Crippen molar-refractivity contribution in [3.05, 3.63) is 22.4 Å². The van der Waals surface area contributed by atoms with Gasteiger partial charge in [-0.1, -0.05) is 18.9 Å². The fourth-order valence-corrected chi connectivity index (χ4v) is 4.26. The lowest BCUT2D eigenvalue weighted by atomic mass is 9.93. The molecule has 1 aliphatic carbocycles. The minimum absolute atomic E-state index is 0.0990. The van der Waals surface area contributed by atoms with E-state index >= 15 is 0 Å². The Morgan fingerprint density at radius 1 is 1.28 bits per heavy atom. The minimum atomic E-state index is 0.0990. The molecule has 1 amide bonds. The van der Waals surface area contributed by atoms with Crippen LogP contribution in [0, 0.1) is 0 Å². The van der Waals surface area contributed by atoms with Gasteiger partial charge in [-0.25, -0.2) is 0 Å². The molecule has 1 saturated carbocycles. The van der Waals surface area contributed by atoms with Crippen LogP contribution in [0.5, 0.6) is 0 Å². The van der Waals surface area contributed by atoms with Crippen LogP contribution in [0.4, 0.5) is 0 Å². The molecule has 1 aromatic rings. The van der Waals surface area contributed by atoms with Crippen molar-refractivity contribution in [2.24, 2.45) is 5.73 Å². The fraction of sp³-hybridized carbons (Fsp3) is 0.643. The topological polar surface area (TPSA) is 46.3 Å². The summed E-state index contributed by atoms with van der Waals surface area (Å²) < 4.78 is 0. The number of hydrogen-bond acceptors (Lipinski definition) is 3. The predicted octanol–water partition coefficient (Wildman–Crippen LogP) is 2.68. The molecule has 1 saturated heterocycles. The number of carbonyl (C=O) groups is 1. The Hall–Kier alpha value is -0.870. The number of nitrogens with zero attached hydrogens (tertiary/aromatic N) is 1. The fourth-order valence-electron chi connectivity index (χ4n) is 3.36. The average molecular weight is 264 g/mol. The number of hydrogen-bond donors (Lipinski definition) is 1. The van der Waals surface area contributed by atoms with Gasteiger partial charge in [-0.15, -0.1) is 11.3 Å². The van der Waals surface area contributed by atoms with Crippen molar-refractivity contribution in [2.45, 2.75) is 56.7 Å². The molecular weight excluding hydrogens is 244 g/mol. The Labute approximate surface area is 112 Å². The van der Waals surface area contributed by atoms with Crippen molar-refractivity contribution in [1.82, 2.24) is 4.90 Å². The van der Waals surface area contributed by atoms with E-state index in [1.54, 1.807) is 11.3 Å². The highest BCUT2D eigenvalue weighted by Gasteiger charge is 2.40. The smallest absolute Gasteiger partial charge is 0.223 e. The quantitative estimate of drug-likeness (QED) is 0.892. The molecule has 0 spiro atoms. The van der Waals surface area contributed by atoms with Gasteiger partial charge in [0.15, 0.2) is 0 Å². The lowest BCUT2D eigenvalue weighted by Gasteiger charge is -2.42. The van der Waals surface area contributed by atoms with Crippen LogP contribution < -0.4 is 5.73 Å². The van der Waals surface area contributed by atoms with Crippen molar-refractivity contribution < 1.29 is 4.79 Å². The van der Waals surface area contributed by atoms with Gasteiger partial charge in [0.2, 0.25) is 5.91 Å². The normalized spacial score (nSPS) is 30.1. The van der Waals surface area contributed by atoms with E-state index in [1.165, 1.54) is 17.7 Å². The Morgan fingerprint density at radius 2 is 2.06 bits per heavy atom. The first kappa shape index (κ1) is 12.2. The predicted molar refractivity (Wildman–Crippen MR) is 73.4 cm³/mol. The summed E-state index contributed by atoms with van der Waals surface area (Å²) in [5, 5.41) is 2.08. The summed E-state index contributed by atoms with van der Waals surface area (Å²) in [5.74, 6) is 0.307. The van der Waals surface area contributed by atoms with Crippen LogP contribution in [-0.4, -0.2) is 22.9 Å². The van der Waals surface area contributed by atoms with Gasteiger partial charge in [-0.05, 0) is 30.7 Å². The molecule has 1 aliphatic heterocycles. The highest BCUT2D eigenvalue weighted by atomic mass is 32.1. The van der Waals surface area contributed by atoms with E-state index in [2.05, 4.69) is 22.4 Å². The molecule has 18 heavy (non-hydrogen) atoms. The third-order valence-electron chi connectivity index (χ3n) is 4.24. The van der Waals surface area contributed by atoms with Gasteiger partial charge in [0.1, 0.15) is 0 Å². The Morgan fingerprint density at radius 3 is 2.72 bits per heavy atom. The number of amides is 1. The zero-order valence-corrected chi connectivity index (χ0v) is 11.4. The van der Waals surface area contributed by atoms with Gasteiger partial charge < -0.3 is 10.6 Å². The summed E-state index contributed by atoms with van der Waals surface area (Å²) in [4.78, 5) is 15.7. The van der Waals surface area contributed by atoms with Crippen molar-refractivity contribution in [3.63, 3.8) is 0 Å². The van der Waals surface area contributed by atoms with Crippen LogP contribution in [-0.2, 0) is 4.79 Å². The van der Waals surface area contributed by atoms with Crippen LogP contribution >= 0.6 is 11.3 Å². The van der Waals surface area contributed by atoms with Crippen LogP contribution in [0.1, 0.15) is 49.4 Å². The maximum atomic E-state index is 12.3. The van der Waals surface area contributed by atoms with Crippen molar-refractivity contribution in [3.8, 4) is 0 Å². The maximum Gasteiger partial charge on any atom is 0.223 e. The summed E-state index contributed by atoms with van der Waals surface area (Å²) in [5.41, 5.74) is 6.30. The van der Waals surface area contributed by atoms with Gasteiger partial charge >= 0.3 is 0 Å². The van der Waals surface area contributed by atoms with Gasteiger partial charge in [0.25, 0.3) is 0 Å². The summed E-state index contributed by atoms with van der Waals surface area (Å²) in [7, 11) is 0. The molecule has 1 aromatic heterocycles. The summed E-state index contributed by atoms with van der Waals surface area (Å²) in [6.45, 7) is 0. The Kier molecular flexibility index (Phi) is 3.39. The van der Waals surface area contributed by atoms with Gasteiger partial charge in [0, 0.05) is 23.4 Å². The molecule has 98 valence electrons. The first-order valence-electron chi connectivity index (χ1n) is 6.87. The van der Waals surface area contributed by atoms with E-state index in [4.69, 9.17) is 5.73 Å². The van der Waals surface area contributed by atoms with E-state index < -0.39 is 0 Å². The van der Waals surface area contributed by atoms with E-state index in [-0.39, 0.29) is 12.1 Å². The molecule has 0 aromatic carbocycles. The molecule has 3 nitrogen and oxygen atoms in total. The molecule has 0 radical (unpaired) electrons. The zero-order valence-electron chi connectivity index (χ0n) is 10.5. The number of thiophene rings is 1. The standard InChI is InChI=1S/C14H20N2OS/c15-11-7-8-13(17)16(10-4-1-2-5-10)14(11)12-6-3-9-18-12/h3,6,9-11,14H,1-2,4-5,7-8,15H2. The molecule has 2 unspecified atom stereocenters. The van der Waals surface area contributed by atoms with Crippen LogP contribution in [0.3, 0.4) is 0 Å². The largest absolute Gasteiger partial charge is 0.330 e. The maximum absolute atomic E-state index is 12.3. The van der Waals surface area contributed by atoms with Crippen LogP contribution in [0.15, 0.2) is 17.5 Å². The molecule has 0 bridgehead atoms. The highest BCUT2D eigenvalue weighted by Crippen LogP contribution is 2.38. The lowest BCUT2D eigenvalue weighted by Crippen LogP contribution is -2.52. The second-order valence-corrected chi connectivity index (χ2v) is 6.38. The highest BCUT2D eigenvalue weighted by molar-refractivity contribution is 7.10. The van der Waals surface area contributed by atoms with Crippen molar-refractivity contribution in [1.29, 1.82) is 0 Å². The molecule has 2 N–H and O–H groups in total. The zero-order chi connectivity index (χ0) is 12.5. The molecular formula is C14H20N2OS. The second-order valence-electron chi connectivity index (χ2n) is 5.40. The number of rotatable bonds is 2. The molecule has 2 fully saturated rings. The van der Waals surface area contributed by atoms with Gasteiger partial charge in [-0.3, -0.25) is 4.79 Å². The number of carbonyl (C=O) groups excluding carboxylic acids is 1. The monoisotopic (exact) mass is 264 g/mol. The van der Waals surface area contributed by atoms with E-state index in [1.807, 2.05) is 0 Å². The van der Waals surface area contributed by atoms with Crippen molar-refractivity contribution in [2.75, 3.05) is 0 Å². The number of likely N-dealkylation sites (tertiary alicyclic amines) is 1. The summed E-state index contributed by atoms with van der Waals surface area (Å²) in [6.07, 6.45) is 6.26. The van der Waals surface area contributed by atoms with Gasteiger partial charge in [0.05, 0.1) is 6.04 Å². The Bertz CT molecular complexity index is 411. The number of nitrogens with two attached hydrogens (primary N) is 1. The van der Waals surface area contributed by atoms with Gasteiger partial charge in [-0.2, -0.15) is 0 Å². The van der Waals surface area contributed by atoms with Crippen molar-refractivity contribution >= 4 is 17.2 Å². The van der Waals surface area contributed by atoms with E-state index in [9.17, 15) is 4.79 Å². The van der Waals surface area contributed by atoms with Crippen LogP contribution in [0.2, 0.25) is 0 Å². The molecule has 3 rings (SSSR count). The lowest BCUT2D eigenvalue weighted by molar-refractivity contribution is -0.140. The second kappa shape index (κ2) is 5.02. The first-order valence-corrected chi connectivity index (χ1v) is 7.75. The summed E-state index contributed by atoms with van der Waals surface area (Å²) in [6, 6.07) is 4.82. The number of piperidine rings is 1. The van der Waals surface area contributed by atoms with E-state index in [0.29, 0.717) is 18.4 Å². The molecule has 2 aliphatic rings. The minimum Gasteiger partial charge on any atom is -0.330 e. The third kappa shape index (κ3) is 2.08. The first-order chi connectivity index (χ1) is 8.77. The summed E-state index contributed by atoms with van der Waals surface area (Å²) >= 11 is 1.72. The molecule has 2 heterocycles. The Balaban J connectivity index is 1.91. The van der Waals surface area contributed by atoms with Crippen LogP contribution in [0.25, 0.3) is 0 Å². The SMILES string of the molecule is NC1CCC(=O)N(C2CCCC2)C1c1cccs1. The average Bonchev–Trinajstić information content (AvgIpc) is 3.02. The van der Waals surface area contributed by atoms with E-state index in [0.717, 1.165) is 19.3 Å². The third-order valence-corrected chi connectivity index (χ3v) is 5.18. The molecule has 2 atom stereocenters. The molecule has 4 heteroatoms.